The van der Waals surface area contributed by atoms with Crippen molar-refractivity contribution in [1.29, 1.82) is 0 Å². The van der Waals surface area contributed by atoms with Crippen LogP contribution in [0.15, 0.2) is 54.7 Å². The summed E-state index contributed by atoms with van der Waals surface area (Å²) in [5.74, 6) is -1.57. The lowest BCUT2D eigenvalue weighted by Crippen LogP contribution is -2.61. The average Bonchev–Trinajstić information content (AvgIpc) is 3.75. The van der Waals surface area contributed by atoms with Gasteiger partial charge < -0.3 is 29.4 Å². The molecular formula is C45H56N6O7. The minimum absolute atomic E-state index is 0.0207. The lowest BCUT2D eigenvalue weighted by Gasteiger charge is -2.36. The molecule has 2 saturated heterocycles. The van der Waals surface area contributed by atoms with Gasteiger partial charge in [0.2, 0.25) is 11.8 Å². The zero-order valence-corrected chi connectivity index (χ0v) is 34.6. The van der Waals surface area contributed by atoms with Crippen molar-refractivity contribution in [3.05, 3.63) is 71.5 Å². The molecule has 13 heteroatoms. The van der Waals surface area contributed by atoms with Gasteiger partial charge in [-0.15, -0.1) is 0 Å². The maximum Gasteiger partial charge on any atom is 0.324 e. The molecule has 6 bridgehead atoms. The predicted molar refractivity (Wildman–Crippen MR) is 220 cm³/mol. The number of carbonyl (C=O) groups is 4. The third-order valence-electron chi connectivity index (χ3n) is 12.1. The summed E-state index contributed by atoms with van der Waals surface area (Å²) in [5.41, 5.74) is 9.75. The first-order valence-corrected chi connectivity index (χ1v) is 20.5. The van der Waals surface area contributed by atoms with Crippen LogP contribution in [0.4, 0.5) is 0 Å². The fourth-order valence-electron chi connectivity index (χ4n) is 9.02. The Bertz CT molecular complexity index is 2230. The van der Waals surface area contributed by atoms with Gasteiger partial charge in [-0.1, -0.05) is 32.9 Å². The maximum atomic E-state index is 14.4. The normalized spacial score (nSPS) is 23.0. The van der Waals surface area contributed by atoms with Crippen molar-refractivity contribution < 1.29 is 33.8 Å². The van der Waals surface area contributed by atoms with Crippen LogP contribution in [0, 0.1) is 11.3 Å². The molecule has 0 saturated carbocycles. The Kier molecular flexibility index (Phi) is 11.7. The van der Waals surface area contributed by atoms with Crippen LogP contribution in [0.1, 0.15) is 83.7 Å². The summed E-state index contributed by atoms with van der Waals surface area (Å²) < 4.78 is 14.2. The number of phenols is 1. The third-order valence-corrected chi connectivity index (χ3v) is 12.1. The lowest BCUT2D eigenvalue weighted by atomic mass is 9.84. The summed E-state index contributed by atoms with van der Waals surface area (Å²) in [6.45, 7) is 13.2. The zero-order valence-electron chi connectivity index (χ0n) is 34.6. The zero-order chi connectivity index (χ0) is 41.5. The van der Waals surface area contributed by atoms with Crippen LogP contribution in [-0.2, 0) is 48.0 Å². The molecule has 2 aromatic heterocycles. The molecule has 308 valence electrons. The van der Waals surface area contributed by atoms with E-state index in [1.807, 2.05) is 32.0 Å². The Morgan fingerprint density at radius 2 is 1.90 bits per heavy atom. The molecular weight excluding hydrogens is 737 g/mol. The monoisotopic (exact) mass is 792 g/mol. The van der Waals surface area contributed by atoms with Crippen molar-refractivity contribution in [3.8, 4) is 28.1 Å². The molecule has 3 N–H and O–H groups in total. The fraction of sp³-hybridized carbons (Fsp3) is 0.489. The number of phenolic OH excluding ortho intramolecular Hbond substituents is 1. The van der Waals surface area contributed by atoms with Gasteiger partial charge in [0.05, 0.1) is 24.1 Å². The number of aryl methyl sites for hydroxylation is 1. The molecule has 2 fully saturated rings. The van der Waals surface area contributed by atoms with Gasteiger partial charge in [-0.3, -0.25) is 29.2 Å². The largest absolute Gasteiger partial charge is 0.508 e. The highest BCUT2D eigenvalue weighted by atomic mass is 16.5. The number of amides is 3. The van der Waals surface area contributed by atoms with E-state index in [4.69, 9.17) is 14.5 Å². The highest BCUT2D eigenvalue weighted by molar-refractivity contribution is 5.96. The summed E-state index contributed by atoms with van der Waals surface area (Å²) in [7, 11) is 1.68. The maximum absolute atomic E-state index is 14.4. The van der Waals surface area contributed by atoms with E-state index < -0.39 is 41.3 Å². The highest BCUT2D eigenvalue weighted by Crippen LogP contribution is 2.42. The van der Waals surface area contributed by atoms with Gasteiger partial charge in [-0.2, -0.15) is 0 Å². The summed E-state index contributed by atoms with van der Waals surface area (Å²) in [6, 6.07) is 13.0. The van der Waals surface area contributed by atoms with E-state index in [1.54, 1.807) is 30.3 Å². The van der Waals surface area contributed by atoms with Gasteiger partial charge in [0.1, 0.15) is 23.9 Å². The van der Waals surface area contributed by atoms with Gasteiger partial charge in [-0.05, 0) is 104 Å². The van der Waals surface area contributed by atoms with Crippen molar-refractivity contribution in [2.45, 2.75) is 104 Å². The fourth-order valence-corrected chi connectivity index (χ4v) is 9.02. The number of carbonyl (C=O) groups excluding carboxylic acids is 4. The van der Waals surface area contributed by atoms with Crippen LogP contribution in [-0.4, -0.2) is 93.2 Å². The van der Waals surface area contributed by atoms with Crippen LogP contribution >= 0.6 is 0 Å². The number of rotatable bonds is 6. The van der Waals surface area contributed by atoms with Crippen molar-refractivity contribution in [1.82, 2.24) is 30.2 Å². The number of fused-ring (bicyclic) bond motifs is 6. The standard InChI is InChI=1S/C45H56N6O7/c1-8-49-38-14-13-30-23-34(38)35(41(49)33-11-9-16-46-39(33)27(3)57-7)24-45(5,6)25-58-44(56)36-12-10-17-51(48-36)43(55)37(21-29-19-31(30)22-32(53)20-29)47-42(54)40-26(2)15-18-50(40)28(4)52/h9,11,13-14,16,19-20,22-23,26-27,36-37,40,48,53H,8,10,12,15,17-18,21,24-25H2,1-7H3,(H,47,54)/t26-,27+,36+,37+,40+/m1/s1. The Morgan fingerprint density at radius 1 is 1.10 bits per heavy atom. The average molecular weight is 793 g/mol. The first kappa shape index (κ1) is 40.9. The van der Waals surface area contributed by atoms with Crippen LogP contribution in [0.5, 0.6) is 5.75 Å². The summed E-state index contributed by atoms with van der Waals surface area (Å²) in [6.07, 6.45) is 3.83. The molecule has 0 aliphatic carbocycles. The van der Waals surface area contributed by atoms with E-state index in [0.29, 0.717) is 50.9 Å². The van der Waals surface area contributed by atoms with Crippen LogP contribution in [0.25, 0.3) is 33.3 Å². The number of cyclic esters (lactones) is 1. The van der Waals surface area contributed by atoms with E-state index in [1.165, 1.54) is 11.9 Å². The summed E-state index contributed by atoms with van der Waals surface area (Å²) >= 11 is 0. The number of hydrogen-bond acceptors (Lipinski definition) is 9. The van der Waals surface area contributed by atoms with Gasteiger partial charge in [0.15, 0.2) is 0 Å². The smallest absolute Gasteiger partial charge is 0.324 e. The number of hydrazine groups is 1. The van der Waals surface area contributed by atoms with Crippen molar-refractivity contribution in [3.63, 3.8) is 0 Å². The second-order valence-corrected chi connectivity index (χ2v) is 17.0. The van der Waals surface area contributed by atoms with E-state index in [0.717, 1.165) is 44.5 Å². The van der Waals surface area contributed by atoms with Crippen LogP contribution < -0.4 is 10.7 Å². The first-order chi connectivity index (χ1) is 27.7. The van der Waals surface area contributed by atoms with Crippen LogP contribution in [0.3, 0.4) is 0 Å². The Hall–Kier alpha value is -5.27. The van der Waals surface area contributed by atoms with Gasteiger partial charge in [-0.25, -0.2) is 5.43 Å². The Balaban J connectivity index is 1.38. The molecule has 3 aliphatic rings. The molecule has 0 unspecified atom stereocenters. The lowest BCUT2D eigenvalue weighted by molar-refractivity contribution is -0.155. The third kappa shape index (κ3) is 8.06. The molecule has 7 rings (SSSR count). The SMILES string of the molecule is CCn1c(-c2cccnc2[C@H](C)OC)c2c3cc(ccc31)-c1cc(O)cc(c1)C[C@H](NC(=O)[C@@H]1[C@H](C)CCN1C(C)=O)C(=O)N1CCC[C@H](N1)C(=O)OCC(C)(C)C2. The first-order valence-electron chi connectivity index (χ1n) is 20.5. The van der Waals surface area contributed by atoms with E-state index in [9.17, 15) is 24.3 Å². The molecule has 3 amide bonds. The molecule has 5 atom stereocenters. The van der Waals surface area contributed by atoms with Gasteiger partial charge in [0.25, 0.3) is 5.91 Å². The van der Waals surface area contributed by atoms with Crippen LogP contribution in [0.2, 0.25) is 0 Å². The number of methoxy groups -OCH3 is 1. The molecule has 5 heterocycles. The second kappa shape index (κ2) is 16.5. The molecule has 58 heavy (non-hydrogen) atoms. The van der Waals surface area contributed by atoms with Crippen molar-refractivity contribution in [2.24, 2.45) is 11.3 Å². The van der Waals surface area contributed by atoms with E-state index in [2.05, 4.69) is 54.3 Å². The molecule has 0 radical (unpaired) electrons. The number of nitrogens with zero attached hydrogens (tertiary/aromatic N) is 4. The molecule has 3 aliphatic heterocycles. The number of pyridine rings is 1. The van der Waals surface area contributed by atoms with E-state index >= 15 is 0 Å². The number of aromatic nitrogens is 2. The minimum atomic E-state index is -1.07. The molecule has 0 spiro atoms. The highest BCUT2D eigenvalue weighted by Gasteiger charge is 2.41. The molecule has 2 aromatic carbocycles. The molecule has 4 aromatic rings. The Labute approximate surface area is 340 Å². The topological polar surface area (TPSA) is 155 Å². The predicted octanol–water partition coefficient (Wildman–Crippen LogP) is 5.71. The Morgan fingerprint density at radius 3 is 2.64 bits per heavy atom. The quantitative estimate of drug-likeness (QED) is 0.209. The number of benzene rings is 2. The van der Waals surface area contributed by atoms with Crippen molar-refractivity contribution in [2.75, 3.05) is 26.8 Å². The van der Waals surface area contributed by atoms with E-state index in [-0.39, 0.29) is 36.7 Å². The summed E-state index contributed by atoms with van der Waals surface area (Å²) in [4.78, 5) is 61.1. The van der Waals surface area contributed by atoms with Crippen molar-refractivity contribution >= 4 is 34.6 Å². The minimum Gasteiger partial charge on any atom is -0.508 e. The number of esters is 1. The summed E-state index contributed by atoms with van der Waals surface area (Å²) in [5, 5.41) is 16.6. The number of likely N-dealkylation sites (tertiary alicyclic amines) is 1. The second-order valence-electron chi connectivity index (χ2n) is 17.0. The number of ether oxygens (including phenoxy) is 2. The number of nitrogens with one attached hydrogen (secondary N) is 2. The number of hydrogen-bond donors (Lipinski definition) is 3. The van der Waals surface area contributed by atoms with Gasteiger partial charge in [0, 0.05) is 68.2 Å². The number of aromatic hydroxyl groups is 1. The van der Waals surface area contributed by atoms with Gasteiger partial charge >= 0.3 is 5.97 Å². The molecule has 13 nitrogen and oxygen atoms in total.